The van der Waals surface area contributed by atoms with Crippen LogP contribution < -0.4 is 0 Å². The summed E-state index contributed by atoms with van der Waals surface area (Å²) >= 11 is 0. The fraction of sp³-hybridized carbons (Fsp3) is 1.00. The minimum absolute atomic E-state index is 0.667. The van der Waals surface area contributed by atoms with Crippen LogP contribution in [0.2, 0.25) is 0 Å². The SMILES string of the molecule is COCCN(C)C(C)CC(C)C. The van der Waals surface area contributed by atoms with Gasteiger partial charge in [-0.25, -0.2) is 0 Å². The normalized spacial score (nSPS) is 14.2. The minimum Gasteiger partial charge on any atom is -0.383 e. The predicted molar refractivity (Wildman–Crippen MR) is 53.4 cm³/mol. The molecular weight excluding hydrogens is 150 g/mol. The first kappa shape index (κ1) is 11.9. The molecule has 0 heterocycles. The summed E-state index contributed by atoms with van der Waals surface area (Å²) in [5.41, 5.74) is 0. The van der Waals surface area contributed by atoms with Crippen molar-refractivity contribution in [2.75, 3.05) is 27.3 Å². The monoisotopic (exact) mass is 173 g/mol. The van der Waals surface area contributed by atoms with Crippen LogP contribution in [0.3, 0.4) is 0 Å². The second-order valence-electron chi connectivity index (χ2n) is 3.95. The molecule has 0 aliphatic carbocycles. The van der Waals surface area contributed by atoms with Gasteiger partial charge in [0.25, 0.3) is 0 Å². The van der Waals surface area contributed by atoms with Gasteiger partial charge >= 0.3 is 0 Å². The van der Waals surface area contributed by atoms with Crippen LogP contribution in [0.25, 0.3) is 0 Å². The van der Waals surface area contributed by atoms with E-state index >= 15 is 0 Å². The molecule has 2 heteroatoms. The average molecular weight is 173 g/mol. The van der Waals surface area contributed by atoms with E-state index in [0.29, 0.717) is 6.04 Å². The Morgan fingerprint density at radius 3 is 2.25 bits per heavy atom. The van der Waals surface area contributed by atoms with Crippen molar-refractivity contribution in [2.24, 2.45) is 5.92 Å². The summed E-state index contributed by atoms with van der Waals surface area (Å²) in [6.07, 6.45) is 1.26. The van der Waals surface area contributed by atoms with E-state index in [1.54, 1.807) is 7.11 Å². The zero-order valence-corrected chi connectivity index (χ0v) is 9.13. The number of methoxy groups -OCH3 is 1. The zero-order chi connectivity index (χ0) is 9.56. The van der Waals surface area contributed by atoms with Gasteiger partial charge in [0.15, 0.2) is 0 Å². The maximum Gasteiger partial charge on any atom is 0.0589 e. The molecule has 0 fully saturated rings. The van der Waals surface area contributed by atoms with Crippen LogP contribution in [0.5, 0.6) is 0 Å². The van der Waals surface area contributed by atoms with Crippen molar-refractivity contribution in [1.82, 2.24) is 4.90 Å². The number of nitrogens with zero attached hydrogens (tertiary/aromatic N) is 1. The van der Waals surface area contributed by atoms with Crippen molar-refractivity contribution < 1.29 is 4.74 Å². The lowest BCUT2D eigenvalue weighted by Crippen LogP contribution is -2.32. The fourth-order valence-electron chi connectivity index (χ4n) is 1.32. The molecule has 0 N–H and O–H groups in total. The van der Waals surface area contributed by atoms with Gasteiger partial charge in [-0.15, -0.1) is 0 Å². The molecule has 0 aliphatic heterocycles. The quantitative estimate of drug-likeness (QED) is 0.609. The Labute approximate surface area is 76.9 Å². The van der Waals surface area contributed by atoms with Crippen molar-refractivity contribution >= 4 is 0 Å². The van der Waals surface area contributed by atoms with Gasteiger partial charge in [-0.05, 0) is 26.3 Å². The van der Waals surface area contributed by atoms with E-state index in [1.807, 2.05) is 0 Å². The van der Waals surface area contributed by atoms with Gasteiger partial charge in [-0.3, -0.25) is 0 Å². The molecule has 0 aliphatic rings. The smallest absolute Gasteiger partial charge is 0.0589 e. The number of hydrogen-bond acceptors (Lipinski definition) is 2. The van der Waals surface area contributed by atoms with Gasteiger partial charge in [0, 0.05) is 19.7 Å². The lowest BCUT2D eigenvalue weighted by molar-refractivity contribution is 0.136. The van der Waals surface area contributed by atoms with Gasteiger partial charge in [0.2, 0.25) is 0 Å². The maximum absolute atomic E-state index is 5.03. The lowest BCUT2D eigenvalue weighted by Gasteiger charge is -2.25. The van der Waals surface area contributed by atoms with Crippen LogP contribution in [0.4, 0.5) is 0 Å². The molecule has 0 radical (unpaired) electrons. The lowest BCUT2D eigenvalue weighted by atomic mass is 10.0. The molecule has 0 saturated heterocycles. The highest BCUT2D eigenvalue weighted by atomic mass is 16.5. The molecule has 0 aromatic rings. The summed E-state index contributed by atoms with van der Waals surface area (Å²) in [4.78, 5) is 2.35. The van der Waals surface area contributed by atoms with Gasteiger partial charge in [-0.2, -0.15) is 0 Å². The molecule has 74 valence electrons. The highest BCUT2D eigenvalue weighted by Gasteiger charge is 2.09. The van der Waals surface area contributed by atoms with Crippen LogP contribution in [0.15, 0.2) is 0 Å². The summed E-state index contributed by atoms with van der Waals surface area (Å²) in [7, 11) is 3.91. The molecule has 0 amide bonds. The Balaban J connectivity index is 3.53. The Morgan fingerprint density at radius 1 is 1.25 bits per heavy atom. The first-order valence-electron chi connectivity index (χ1n) is 4.77. The van der Waals surface area contributed by atoms with Gasteiger partial charge < -0.3 is 9.64 Å². The summed E-state index contributed by atoms with van der Waals surface area (Å²) in [5.74, 6) is 0.782. The van der Waals surface area contributed by atoms with Crippen molar-refractivity contribution in [1.29, 1.82) is 0 Å². The molecule has 1 unspecified atom stereocenters. The Bertz CT molecular complexity index is 104. The molecule has 2 nitrogen and oxygen atoms in total. The molecule has 0 bridgehead atoms. The first-order chi connectivity index (χ1) is 5.57. The van der Waals surface area contributed by atoms with Crippen molar-refractivity contribution in [2.45, 2.75) is 33.2 Å². The molecule has 0 spiro atoms. The molecule has 12 heavy (non-hydrogen) atoms. The topological polar surface area (TPSA) is 12.5 Å². The molecule has 1 atom stereocenters. The maximum atomic E-state index is 5.03. The third-order valence-corrected chi connectivity index (χ3v) is 2.21. The Morgan fingerprint density at radius 2 is 1.83 bits per heavy atom. The third kappa shape index (κ3) is 5.56. The van der Waals surface area contributed by atoms with Crippen LogP contribution in [0.1, 0.15) is 27.2 Å². The van der Waals surface area contributed by atoms with Crippen molar-refractivity contribution in [3.63, 3.8) is 0 Å². The molecule has 0 saturated carbocycles. The van der Waals surface area contributed by atoms with Gasteiger partial charge in [0.05, 0.1) is 6.61 Å². The number of likely N-dealkylation sites (N-methyl/N-ethyl adjacent to an activating group) is 1. The largest absolute Gasteiger partial charge is 0.383 e. The third-order valence-electron chi connectivity index (χ3n) is 2.21. The molecule has 0 rings (SSSR count). The number of ether oxygens (including phenoxy) is 1. The van der Waals surface area contributed by atoms with Crippen molar-refractivity contribution in [3.8, 4) is 0 Å². The van der Waals surface area contributed by atoms with E-state index in [1.165, 1.54) is 6.42 Å². The Hall–Kier alpha value is -0.0800. The average Bonchev–Trinajstić information content (AvgIpc) is 1.98. The van der Waals surface area contributed by atoms with E-state index in [9.17, 15) is 0 Å². The van der Waals surface area contributed by atoms with Crippen LogP contribution in [-0.4, -0.2) is 38.3 Å². The minimum atomic E-state index is 0.667. The van der Waals surface area contributed by atoms with E-state index in [-0.39, 0.29) is 0 Å². The van der Waals surface area contributed by atoms with E-state index in [4.69, 9.17) is 4.74 Å². The summed E-state index contributed by atoms with van der Waals surface area (Å²) in [5, 5.41) is 0. The summed E-state index contributed by atoms with van der Waals surface area (Å²) in [6, 6.07) is 0.667. The fourth-order valence-corrected chi connectivity index (χ4v) is 1.32. The van der Waals surface area contributed by atoms with Crippen molar-refractivity contribution in [3.05, 3.63) is 0 Å². The number of hydrogen-bond donors (Lipinski definition) is 0. The number of rotatable bonds is 6. The Kier molecular flexibility index (Phi) is 6.39. The zero-order valence-electron chi connectivity index (χ0n) is 9.13. The second-order valence-corrected chi connectivity index (χ2v) is 3.95. The van der Waals surface area contributed by atoms with Crippen LogP contribution >= 0.6 is 0 Å². The van der Waals surface area contributed by atoms with Gasteiger partial charge in [0.1, 0.15) is 0 Å². The predicted octanol–water partition coefficient (Wildman–Crippen LogP) is 2.00. The second kappa shape index (κ2) is 6.44. The summed E-state index contributed by atoms with van der Waals surface area (Å²) in [6.45, 7) is 8.67. The highest BCUT2D eigenvalue weighted by Crippen LogP contribution is 2.08. The van der Waals surface area contributed by atoms with E-state index in [2.05, 4.69) is 32.7 Å². The molecule has 0 aromatic carbocycles. The molecular formula is C10H23NO. The first-order valence-corrected chi connectivity index (χ1v) is 4.77. The van der Waals surface area contributed by atoms with Gasteiger partial charge in [-0.1, -0.05) is 13.8 Å². The molecule has 0 aromatic heterocycles. The van der Waals surface area contributed by atoms with E-state index < -0.39 is 0 Å². The summed E-state index contributed by atoms with van der Waals surface area (Å²) < 4.78 is 5.03. The van der Waals surface area contributed by atoms with Crippen LogP contribution in [0, 0.1) is 5.92 Å². The van der Waals surface area contributed by atoms with Crippen LogP contribution in [-0.2, 0) is 4.74 Å². The van der Waals surface area contributed by atoms with E-state index in [0.717, 1.165) is 19.1 Å². The standard InChI is InChI=1S/C10H23NO/c1-9(2)8-10(3)11(4)6-7-12-5/h9-10H,6-8H2,1-5H3. The highest BCUT2D eigenvalue weighted by molar-refractivity contribution is 4.64.